The van der Waals surface area contributed by atoms with Gasteiger partial charge >= 0.3 is 5.97 Å². The number of carboxylic acids is 1. The highest BCUT2D eigenvalue weighted by molar-refractivity contribution is 5.81. The van der Waals surface area contributed by atoms with Gasteiger partial charge < -0.3 is 5.11 Å². The van der Waals surface area contributed by atoms with Gasteiger partial charge in [-0.15, -0.1) is 0 Å². The summed E-state index contributed by atoms with van der Waals surface area (Å²) in [6, 6.07) is 9.39. The molecule has 0 radical (unpaired) electrons. The summed E-state index contributed by atoms with van der Waals surface area (Å²) in [7, 11) is 0. The minimum atomic E-state index is -0.838. The number of hydrogen-bond acceptors (Lipinski definition) is 2. The van der Waals surface area contributed by atoms with Crippen molar-refractivity contribution in [3.63, 3.8) is 0 Å². The van der Waals surface area contributed by atoms with Gasteiger partial charge in [0.2, 0.25) is 0 Å². The topological polar surface area (TPSA) is 50.2 Å². The number of aliphatic carboxylic acids is 1. The van der Waals surface area contributed by atoms with Crippen molar-refractivity contribution in [2.45, 2.75) is 19.8 Å². The number of aromatic nitrogens is 1. The van der Waals surface area contributed by atoms with Crippen LogP contribution in [0.1, 0.15) is 28.2 Å². The molecule has 3 heteroatoms. The van der Waals surface area contributed by atoms with E-state index in [2.05, 4.69) is 4.98 Å². The fourth-order valence-corrected chi connectivity index (χ4v) is 2.08. The molecule has 0 amide bonds. The van der Waals surface area contributed by atoms with Gasteiger partial charge in [-0.05, 0) is 42.7 Å². The fraction of sp³-hybridized carbons (Fsp3) is 0.200. The lowest BCUT2D eigenvalue weighted by atomic mass is 9.88. The van der Waals surface area contributed by atoms with E-state index < -0.39 is 11.9 Å². The molecule has 1 atom stereocenters. The highest BCUT2D eigenvalue weighted by atomic mass is 16.4. The Balaban J connectivity index is 2.55. The summed E-state index contributed by atoms with van der Waals surface area (Å²) in [4.78, 5) is 15.5. The first kappa shape index (κ1) is 12.3. The van der Waals surface area contributed by atoms with E-state index in [1.165, 1.54) is 0 Å². The van der Waals surface area contributed by atoms with Gasteiger partial charge in [0.15, 0.2) is 0 Å². The Kier molecular flexibility index (Phi) is 3.42. The highest BCUT2D eigenvalue weighted by Gasteiger charge is 2.23. The maximum atomic E-state index is 11.5. The maximum absolute atomic E-state index is 11.5. The predicted octanol–water partition coefficient (Wildman–Crippen LogP) is 2.91. The predicted molar refractivity (Wildman–Crippen MR) is 69.6 cm³/mol. The van der Waals surface area contributed by atoms with Crippen LogP contribution in [0.5, 0.6) is 0 Å². The van der Waals surface area contributed by atoms with Crippen molar-refractivity contribution in [1.82, 2.24) is 4.98 Å². The van der Waals surface area contributed by atoms with Crippen molar-refractivity contribution in [3.05, 3.63) is 65.0 Å². The standard InChI is InChI=1S/C15H15NO2/c1-10-3-4-11(2)13(9-10)14(15(17)18)12-5-7-16-8-6-12/h3-9,14H,1-2H3,(H,17,18). The molecule has 0 saturated heterocycles. The molecule has 1 N–H and O–H groups in total. The van der Waals surface area contributed by atoms with E-state index in [-0.39, 0.29) is 0 Å². The third kappa shape index (κ3) is 2.40. The molecule has 1 heterocycles. The fourth-order valence-electron chi connectivity index (χ4n) is 2.08. The summed E-state index contributed by atoms with van der Waals surface area (Å²) in [5.41, 5.74) is 3.65. The minimum Gasteiger partial charge on any atom is -0.481 e. The molecule has 92 valence electrons. The van der Waals surface area contributed by atoms with Gasteiger partial charge in [0, 0.05) is 12.4 Å². The van der Waals surface area contributed by atoms with Gasteiger partial charge in [0.05, 0.1) is 0 Å². The molecule has 0 spiro atoms. The molecule has 1 unspecified atom stereocenters. The summed E-state index contributed by atoms with van der Waals surface area (Å²) >= 11 is 0. The Bertz CT molecular complexity index is 564. The van der Waals surface area contributed by atoms with Crippen LogP contribution in [0, 0.1) is 13.8 Å². The number of benzene rings is 1. The molecule has 0 fully saturated rings. The summed E-state index contributed by atoms with van der Waals surface area (Å²) in [5, 5.41) is 9.48. The van der Waals surface area contributed by atoms with Gasteiger partial charge in [0.25, 0.3) is 0 Å². The second-order valence-electron chi connectivity index (χ2n) is 4.41. The maximum Gasteiger partial charge on any atom is 0.315 e. The van der Waals surface area contributed by atoms with E-state index >= 15 is 0 Å². The number of nitrogens with zero attached hydrogens (tertiary/aromatic N) is 1. The summed E-state index contributed by atoms with van der Waals surface area (Å²) < 4.78 is 0. The van der Waals surface area contributed by atoms with Crippen molar-refractivity contribution >= 4 is 5.97 Å². The lowest BCUT2D eigenvalue weighted by molar-refractivity contribution is -0.137. The summed E-state index contributed by atoms with van der Waals surface area (Å²) in [6.07, 6.45) is 3.24. The Morgan fingerprint density at radius 2 is 1.83 bits per heavy atom. The highest BCUT2D eigenvalue weighted by Crippen LogP contribution is 2.28. The Labute approximate surface area is 106 Å². The van der Waals surface area contributed by atoms with Gasteiger partial charge in [-0.2, -0.15) is 0 Å². The van der Waals surface area contributed by atoms with Crippen molar-refractivity contribution in [3.8, 4) is 0 Å². The number of aryl methyl sites for hydroxylation is 2. The van der Waals surface area contributed by atoms with Gasteiger partial charge in [-0.3, -0.25) is 9.78 Å². The first-order chi connectivity index (χ1) is 8.59. The number of carbonyl (C=O) groups is 1. The minimum absolute atomic E-state index is 0.632. The van der Waals surface area contributed by atoms with Crippen LogP contribution in [0.4, 0.5) is 0 Å². The first-order valence-corrected chi connectivity index (χ1v) is 5.79. The van der Waals surface area contributed by atoms with Crippen LogP contribution >= 0.6 is 0 Å². The van der Waals surface area contributed by atoms with Crippen LogP contribution in [0.15, 0.2) is 42.7 Å². The van der Waals surface area contributed by atoms with Crippen molar-refractivity contribution < 1.29 is 9.90 Å². The molecule has 0 aliphatic rings. The molecule has 0 aliphatic carbocycles. The van der Waals surface area contributed by atoms with Crippen molar-refractivity contribution in [1.29, 1.82) is 0 Å². The van der Waals surface area contributed by atoms with Crippen LogP contribution in [0.25, 0.3) is 0 Å². The summed E-state index contributed by atoms with van der Waals surface area (Å²) in [5.74, 6) is -1.47. The molecule has 0 aliphatic heterocycles. The van der Waals surface area contributed by atoms with Crippen LogP contribution in [0.3, 0.4) is 0 Å². The smallest absolute Gasteiger partial charge is 0.315 e. The normalized spacial score (nSPS) is 12.1. The largest absolute Gasteiger partial charge is 0.481 e. The molecule has 1 aromatic carbocycles. The van der Waals surface area contributed by atoms with Crippen LogP contribution < -0.4 is 0 Å². The van der Waals surface area contributed by atoms with Crippen LogP contribution in [0.2, 0.25) is 0 Å². The molecule has 2 rings (SSSR count). The molecular formula is C15H15NO2. The lowest BCUT2D eigenvalue weighted by Crippen LogP contribution is -2.14. The second-order valence-corrected chi connectivity index (χ2v) is 4.41. The van der Waals surface area contributed by atoms with Crippen LogP contribution in [-0.2, 0) is 4.79 Å². The van der Waals surface area contributed by atoms with Gasteiger partial charge in [-0.25, -0.2) is 0 Å². The Hall–Kier alpha value is -2.16. The number of hydrogen-bond donors (Lipinski definition) is 1. The number of carboxylic acid groups (broad SMARTS) is 1. The summed E-state index contributed by atoms with van der Waals surface area (Å²) in [6.45, 7) is 3.90. The Morgan fingerprint density at radius 1 is 1.17 bits per heavy atom. The van der Waals surface area contributed by atoms with E-state index in [0.29, 0.717) is 0 Å². The first-order valence-electron chi connectivity index (χ1n) is 5.79. The van der Waals surface area contributed by atoms with E-state index in [1.807, 2.05) is 32.0 Å². The molecular weight excluding hydrogens is 226 g/mol. The molecule has 18 heavy (non-hydrogen) atoms. The van der Waals surface area contributed by atoms with Crippen molar-refractivity contribution in [2.75, 3.05) is 0 Å². The third-order valence-corrected chi connectivity index (χ3v) is 3.03. The molecule has 1 aromatic heterocycles. The average molecular weight is 241 g/mol. The van der Waals surface area contributed by atoms with E-state index in [0.717, 1.165) is 22.3 Å². The monoisotopic (exact) mass is 241 g/mol. The Morgan fingerprint density at radius 3 is 2.44 bits per heavy atom. The van der Waals surface area contributed by atoms with Gasteiger partial charge in [0.1, 0.15) is 5.92 Å². The third-order valence-electron chi connectivity index (χ3n) is 3.03. The quantitative estimate of drug-likeness (QED) is 0.898. The van der Waals surface area contributed by atoms with Crippen molar-refractivity contribution in [2.24, 2.45) is 0 Å². The number of rotatable bonds is 3. The molecule has 2 aromatic rings. The van der Waals surface area contributed by atoms with E-state index in [4.69, 9.17) is 0 Å². The zero-order chi connectivity index (χ0) is 13.1. The van der Waals surface area contributed by atoms with E-state index in [1.54, 1.807) is 24.5 Å². The van der Waals surface area contributed by atoms with Gasteiger partial charge in [-0.1, -0.05) is 23.8 Å². The number of pyridine rings is 1. The van der Waals surface area contributed by atoms with E-state index in [9.17, 15) is 9.90 Å². The molecule has 0 saturated carbocycles. The SMILES string of the molecule is Cc1ccc(C)c(C(C(=O)O)c2ccncc2)c1. The van der Waals surface area contributed by atoms with Crippen LogP contribution in [-0.4, -0.2) is 16.1 Å². The molecule has 3 nitrogen and oxygen atoms in total. The lowest BCUT2D eigenvalue weighted by Gasteiger charge is -2.16. The average Bonchev–Trinajstić information content (AvgIpc) is 2.35. The molecule has 0 bridgehead atoms. The zero-order valence-electron chi connectivity index (χ0n) is 10.4. The zero-order valence-corrected chi connectivity index (χ0v) is 10.4. The second kappa shape index (κ2) is 5.00.